The van der Waals surface area contributed by atoms with Gasteiger partial charge in [-0.3, -0.25) is 0 Å². The van der Waals surface area contributed by atoms with Crippen molar-refractivity contribution in [2.75, 3.05) is 18.4 Å². The first-order valence-electron chi connectivity index (χ1n) is 5.12. The van der Waals surface area contributed by atoms with E-state index in [1.165, 1.54) is 12.8 Å². The standard InChI is InChI=1S/C9H16N4S/c1-7-12-13-9(14-7)11-6-2-5-10-8-3-4-8/h8,10H,2-6H2,1H3,(H,11,13). The Morgan fingerprint density at radius 1 is 1.36 bits per heavy atom. The van der Waals surface area contributed by atoms with Crippen LogP contribution in [-0.4, -0.2) is 29.3 Å². The van der Waals surface area contributed by atoms with Crippen LogP contribution in [0.4, 0.5) is 5.13 Å². The number of nitrogens with zero attached hydrogens (tertiary/aromatic N) is 2. The highest BCUT2D eigenvalue weighted by atomic mass is 32.1. The molecule has 1 aliphatic carbocycles. The van der Waals surface area contributed by atoms with Gasteiger partial charge in [-0.25, -0.2) is 0 Å². The first-order valence-corrected chi connectivity index (χ1v) is 5.93. The molecule has 0 unspecified atom stereocenters. The molecule has 1 aromatic rings. The van der Waals surface area contributed by atoms with E-state index >= 15 is 0 Å². The summed E-state index contributed by atoms with van der Waals surface area (Å²) in [7, 11) is 0. The number of hydrogen-bond acceptors (Lipinski definition) is 5. The molecule has 4 nitrogen and oxygen atoms in total. The summed E-state index contributed by atoms with van der Waals surface area (Å²) in [4.78, 5) is 0. The second-order valence-electron chi connectivity index (χ2n) is 3.63. The van der Waals surface area contributed by atoms with Crippen molar-refractivity contribution in [1.82, 2.24) is 15.5 Å². The zero-order valence-electron chi connectivity index (χ0n) is 8.42. The molecule has 0 aliphatic heterocycles. The van der Waals surface area contributed by atoms with E-state index in [0.717, 1.165) is 35.7 Å². The molecule has 0 radical (unpaired) electrons. The van der Waals surface area contributed by atoms with Crippen LogP contribution in [-0.2, 0) is 0 Å². The Labute approximate surface area is 88.1 Å². The topological polar surface area (TPSA) is 49.8 Å². The normalized spacial score (nSPS) is 15.8. The first kappa shape index (κ1) is 9.86. The summed E-state index contributed by atoms with van der Waals surface area (Å²) in [5.41, 5.74) is 0. The van der Waals surface area contributed by atoms with Crippen molar-refractivity contribution >= 4 is 16.5 Å². The van der Waals surface area contributed by atoms with E-state index < -0.39 is 0 Å². The van der Waals surface area contributed by atoms with Crippen LogP contribution in [0.2, 0.25) is 0 Å². The minimum Gasteiger partial charge on any atom is -0.360 e. The van der Waals surface area contributed by atoms with Crippen molar-refractivity contribution in [3.8, 4) is 0 Å². The largest absolute Gasteiger partial charge is 0.360 e. The summed E-state index contributed by atoms with van der Waals surface area (Å²) in [5.74, 6) is 0. The molecule has 14 heavy (non-hydrogen) atoms. The van der Waals surface area contributed by atoms with Crippen LogP contribution in [0.3, 0.4) is 0 Å². The highest BCUT2D eigenvalue weighted by Crippen LogP contribution is 2.18. The molecule has 1 saturated carbocycles. The lowest BCUT2D eigenvalue weighted by atomic mass is 10.4. The minimum absolute atomic E-state index is 0.818. The predicted molar refractivity (Wildman–Crippen MR) is 58.8 cm³/mol. The highest BCUT2D eigenvalue weighted by molar-refractivity contribution is 7.15. The van der Waals surface area contributed by atoms with Crippen molar-refractivity contribution in [3.05, 3.63) is 5.01 Å². The molecule has 2 rings (SSSR count). The maximum atomic E-state index is 4.00. The van der Waals surface area contributed by atoms with Crippen LogP contribution in [0.5, 0.6) is 0 Å². The van der Waals surface area contributed by atoms with Crippen molar-refractivity contribution < 1.29 is 0 Å². The summed E-state index contributed by atoms with van der Waals surface area (Å²) in [6.07, 6.45) is 3.88. The maximum Gasteiger partial charge on any atom is 0.205 e. The summed E-state index contributed by atoms with van der Waals surface area (Å²) in [5, 5.41) is 16.6. The third kappa shape index (κ3) is 3.23. The Bertz CT molecular complexity index is 282. The molecule has 1 aliphatic rings. The van der Waals surface area contributed by atoms with Gasteiger partial charge in [-0.1, -0.05) is 11.3 Å². The van der Waals surface area contributed by atoms with E-state index in [1.54, 1.807) is 11.3 Å². The van der Waals surface area contributed by atoms with E-state index in [-0.39, 0.29) is 0 Å². The summed E-state index contributed by atoms with van der Waals surface area (Å²) in [6.45, 7) is 4.06. The number of hydrogen-bond donors (Lipinski definition) is 2. The average molecular weight is 212 g/mol. The number of aryl methyl sites for hydroxylation is 1. The molecule has 2 N–H and O–H groups in total. The van der Waals surface area contributed by atoms with Crippen LogP contribution in [0.1, 0.15) is 24.3 Å². The first-order chi connectivity index (χ1) is 6.84. The van der Waals surface area contributed by atoms with Gasteiger partial charge in [0.15, 0.2) is 0 Å². The molecule has 0 amide bonds. The molecular weight excluding hydrogens is 196 g/mol. The molecule has 0 aromatic carbocycles. The molecule has 78 valence electrons. The number of nitrogens with one attached hydrogen (secondary N) is 2. The van der Waals surface area contributed by atoms with E-state index in [1.807, 2.05) is 6.92 Å². The summed E-state index contributed by atoms with van der Waals surface area (Å²) < 4.78 is 0. The van der Waals surface area contributed by atoms with Crippen molar-refractivity contribution in [1.29, 1.82) is 0 Å². The predicted octanol–water partition coefficient (Wildman–Crippen LogP) is 1.40. The number of anilines is 1. The minimum atomic E-state index is 0.818. The Morgan fingerprint density at radius 2 is 2.21 bits per heavy atom. The average Bonchev–Trinajstić information content (AvgIpc) is 2.89. The fraction of sp³-hybridized carbons (Fsp3) is 0.778. The number of rotatable bonds is 6. The Hall–Kier alpha value is -0.680. The van der Waals surface area contributed by atoms with Gasteiger partial charge in [0, 0.05) is 12.6 Å². The molecule has 1 fully saturated rings. The zero-order chi connectivity index (χ0) is 9.80. The molecule has 5 heteroatoms. The Balaban J connectivity index is 1.53. The third-order valence-electron chi connectivity index (χ3n) is 2.17. The maximum absolute atomic E-state index is 4.00. The molecule has 1 heterocycles. The smallest absolute Gasteiger partial charge is 0.205 e. The van der Waals surface area contributed by atoms with Gasteiger partial charge in [-0.15, -0.1) is 10.2 Å². The summed E-state index contributed by atoms with van der Waals surface area (Å²) in [6, 6.07) is 0.818. The summed E-state index contributed by atoms with van der Waals surface area (Å²) >= 11 is 1.61. The Kier molecular flexibility index (Phi) is 3.31. The molecule has 0 saturated heterocycles. The fourth-order valence-electron chi connectivity index (χ4n) is 1.25. The van der Waals surface area contributed by atoms with Gasteiger partial charge >= 0.3 is 0 Å². The molecule has 1 aromatic heterocycles. The SMILES string of the molecule is Cc1nnc(NCCCNC2CC2)s1. The lowest BCUT2D eigenvalue weighted by molar-refractivity contribution is 0.658. The van der Waals surface area contributed by atoms with Gasteiger partial charge in [-0.05, 0) is 32.7 Å². The molecule has 0 bridgehead atoms. The van der Waals surface area contributed by atoms with Gasteiger partial charge < -0.3 is 10.6 Å². The zero-order valence-corrected chi connectivity index (χ0v) is 9.23. The quantitative estimate of drug-likeness (QED) is 0.700. The van der Waals surface area contributed by atoms with Crippen LogP contribution in [0, 0.1) is 6.92 Å². The van der Waals surface area contributed by atoms with Gasteiger partial charge in [-0.2, -0.15) is 0 Å². The third-order valence-corrected chi connectivity index (χ3v) is 2.96. The van der Waals surface area contributed by atoms with Crippen LogP contribution < -0.4 is 10.6 Å². The van der Waals surface area contributed by atoms with Gasteiger partial charge in [0.25, 0.3) is 0 Å². The van der Waals surface area contributed by atoms with Crippen LogP contribution >= 0.6 is 11.3 Å². The van der Waals surface area contributed by atoms with Gasteiger partial charge in [0.05, 0.1) is 0 Å². The van der Waals surface area contributed by atoms with Crippen molar-refractivity contribution in [2.24, 2.45) is 0 Å². The molecule has 0 spiro atoms. The van der Waals surface area contributed by atoms with Gasteiger partial charge in [0.1, 0.15) is 5.01 Å². The van der Waals surface area contributed by atoms with E-state index in [4.69, 9.17) is 0 Å². The second kappa shape index (κ2) is 4.70. The second-order valence-corrected chi connectivity index (χ2v) is 4.82. The molecule has 0 atom stereocenters. The van der Waals surface area contributed by atoms with Crippen LogP contribution in [0.25, 0.3) is 0 Å². The Morgan fingerprint density at radius 3 is 2.86 bits per heavy atom. The van der Waals surface area contributed by atoms with E-state index in [2.05, 4.69) is 20.8 Å². The monoisotopic (exact) mass is 212 g/mol. The van der Waals surface area contributed by atoms with Crippen molar-refractivity contribution in [3.63, 3.8) is 0 Å². The fourth-order valence-corrected chi connectivity index (χ4v) is 1.86. The van der Waals surface area contributed by atoms with E-state index in [0.29, 0.717) is 0 Å². The molecular formula is C9H16N4S. The lowest BCUT2D eigenvalue weighted by Gasteiger charge is -2.02. The van der Waals surface area contributed by atoms with Crippen LogP contribution in [0.15, 0.2) is 0 Å². The van der Waals surface area contributed by atoms with Crippen molar-refractivity contribution in [2.45, 2.75) is 32.2 Å². The van der Waals surface area contributed by atoms with E-state index in [9.17, 15) is 0 Å². The lowest BCUT2D eigenvalue weighted by Crippen LogP contribution is -2.19. The highest BCUT2D eigenvalue weighted by Gasteiger charge is 2.19. The number of aromatic nitrogens is 2. The van der Waals surface area contributed by atoms with Gasteiger partial charge in [0.2, 0.25) is 5.13 Å².